The highest BCUT2D eigenvalue weighted by atomic mass is 35.5. The van der Waals surface area contributed by atoms with Crippen molar-refractivity contribution in [3.63, 3.8) is 0 Å². The average molecular weight is 348 g/mol. The molecule has 0 bridgehead atoms. The van der Waals surface area contributed by atoms with Crippen molar-refractivity contribution in [1.82, 2.24) is 14.7 Å². The summed E-state index contributed by atoms with van der Waals surface area (Å²) in [5.74, 6) is -1.53. The van der Waals surface area contributed by atoms with Crippen LogP contribution in [0.5, 0.6) is 0 Å². The van der Waals surface area contributed by atoms with Gasteiger partial charge >= 0.3 is 5.97 Å². The first-order chi connectivity index (χ1) is 11.5. The van der Waals surface area contributed by atoms with Crippen LogP contribution in [0.1, 0.15) is 28.9 Å². The molecule has 1 N–H and O–H groups in total. The molecule has 1 aliphatic rings. The number of hydrogen-bond donors (Lipinski definition) is 1. The van der Waals surface area contributed by atoms with E-state index in [1.165, 1.54) is 6.20 Å². The van der Waals surface area contributed by atoms with Gasteiger partial charge in [-0.3, -0.25) is 9.59 Å². The summed E-state index contributed by atoms with van der Waals surface area (Å²) in [5.41, 5.74) is 1.87. The highest BCUT2D eigenvalue weighted by molar-refractivity contribution is 6.32. The number of nitrogens with zero attached hydrogens (tertiary/aromatic N) is 3. The van der Waals surface area contributed by atoms with E-state index in [1.807, 2.05) is 25.1 Å². The minimum absolute atomic E-state index is 0.184. The van der Waals surface area contributed by atoms with Gasteiger partial charge in [-0.05, 0) is 31.9 Å². The molecule has 1 aromatic heterocycles. The molecule has 0 spiro atoms. The molecule has 1 saturated heterocycles. The Morgan fingerprint density at radius 2 is 2.08 bits per heavy atom. The van der Waals surface area contributed by atoms with Crippen LogP contribution in [0.4, 0.5) is 0 Å². The lowest BCUT2D eigenvalue weighted by molar-refractivity contribution is -0.143. The molecule has 3 rings (SSSR count). The molecule has 1 amide bonds. The maximum atomic E-state index is 12.8. The van der Waals surface area contributed by atoms with E-state index in [4.69, 9.17) is 11.6 Å². The number of carbonyl (C=O) groups excluding carboxylic acids is 1. The van der Waals surface area contributed by atoms with E-state index in [9.17, 15) is 14.7 Å². The molecule has 6 nitrogen and oxygen atoms in total. The van der Waals surface area contributed by atoms with Gasteiger partial charge in [-0.1, -0.05) is 23.7 Å². The number of piperidine rings is 1. The van der Waals surface area contributed by atoms with Gasteiger partial charge < -0.3 is 10.0 Å². The summed E-state index contributed by atoms with van der Waals surface area (Å²) in [6.07, 6.45) is 2.82. The number of halogens is 1. The standard InChI is InChI=1S/C17H18ClN3O3/c1-11-13(9-19-21(11)15-7-3-2-6-14(15)18)16(22)20-8-4-5-12(10-20)17(23)24/h2-3,6-7,9,12H,4-5,8,10H2,1H3,(H,23,24). The molecule has 1 atom stereocenters. The molecule has 0 aliphatic carbocycles. The number of hydrogen-bond acceptors (Lipinski definition) is 3. The van der Waals surface area contributed by atoms with Gasteiger partial charge in [0.25, 0.3) is 5.91 Å². The Morgan fingerprint density at radius 1 is 1.33 bits per heavy atom. The molecule has 126 valence electrons. The normalized spacial score (nSPS) is 17.8. The fourth-order valence-corrected chi connectivity index (χ4v) is 3.24. The van der Waals surface area contributed by atoms with E-state index < -0.39 is 11.9 Å². The summed E-state index contributed by atoms with van der Waals surface area (Å²) in [5, 5.41) is 14.0. The maximum absolute atomic E-state index is 12.8. The first-order valence-electron chi connectivity index (χ1n) is 7.80. The highest BCUT2D eigenvalue weighted by Gasteiger charge is 2.30. The number of carbonyl (C=O) groups is 2. The Bertz CT molecular complexity index is 787. The molecular formula is C17H18ClN3O3. The zero-order valence-corrected chi connectivity index (χ0v) is 14.0. The predicted octanol–water partition coefficient (Wildman–Crippen LogP) is 2.77. The largest absolute Gasteiger partial charge is 0.481 e. The van der Waals surface area contributed by atoms with Gasteiger partial charge in [0.1, 0.15) is 0 Å². The Labute approximate surface area is 144 Å². The first-order valence-corrected chi connectivity index (χ1v) is 8.18. The molecule has 1 aromatic carbocycles. The summed E-state index contributed by atoms with van der Waals surface area (Å²) in [7, 11) is 0. The van der Waals surface area contributed by atoms with Crippen molar-refractivity contribution in [1.29, 1.82) is 0 Å². The highest BCUT2D eigenvalue weighted by Crippen LogP contribution is 2.24. The summed E-state index contributed by atoms with van der Waals surface area (Å²) in [4.78, 5) is 25.5. The van der Waals surface area contributed by atoms with Crippen LogP contribution >= 0.6 is 11.6 Å². The average Bonchev–Trinajstić information content (AvgIpc) is 2.96. The third kappa shape index (κ3) is 3.01. The predicted molar refractivity (Wildman–Crippen MR) is 89.6 cm³/mol. The summed E-state index contributed by atoms with van der Waals surface area (Å²) < 4.78 is 1.63. The topological polar surface area (TPSA) is 75.4 Å². The van der Waals surface area contributed by atoms with Crippen molar-refractivity contribution < 1.29 is 14.7 Å². The molecule has 2 aromatic rings. The summed E-state index contributed by atoms with van der Waals surface area (Å²) in [6.45, 7) is 2.62. The number of para-hydroxylation sites is 1. The Kier molecular flexibility index (Phi) is 4.57. The number of carboxylic acid groups (broad SMARTS) is 1. The molecule has 7 heteroatoms. The van der Waals surface area contributed by atoms with Gasteiger partial charge in [0.05, 0.1) is 34.1 Å². The molecule has 1 aliphatic heterocycles. The van der Waals surface area contributed by atoms with Crippen LogP contribution in [0.25, 0.3) is 5.69 Å². The van der Waals surface area contributed by atoms with Gasteiger partial charge in [-0.2, -0.15) is 5.10 Å². The summed E-state index contributed by atoms with van der Waals surface area (Å²) >= 11 is 6.20. The second kappa shape index (κ2) is 6.65. The zero-order valence-electron chi connectivity index (χ0n) is 13.3. The monoisotopic (exact) mass is 347 g/mol. The smallest absolute Gasteiger partial charge is 0.308 e. The van der Waals surface area contributed by atoms with Crippen molar-refractivity contribution in [2.45, 2.75) is 19.8 Å². The van der Waals surface area contributed by atoms with Gasteiger partial charge in [-0.15, -0.1) is 0 Å². The molecule has 2 heterocycles. The van der Waals surface area contributed by atoms with E-state index in [0.717, 1.165) is 0 Å². The summed E-state index contributed by atoms with van der Waals surface area (Å²) in [6, 6.07) is 7.28. The van der Waals surface area contributed by atoms with E-state index >= 15 is 0 Å². The lowest BCUT2D eigenvalue weighted by Crippen LogP contribution is -2.42. The third-order valence-corrected chi connectivity index (χ3v) is 4.70. The van der Waals surface area contributed by atoms with Gasteiger partial charge in [0.15, 0.2) is 0 Å². The lowest BCUT2D eigenvalue weighted by Gasteiger charge is -2.30. The number of benzene rings is 1. The molecule has 0 saturated carbocycles. The van der Waals surface area contributed by atoms with Crippen molar-refractivity contribution in [3.05, 3.63) is 46.7 Å². The Hall–Kier alpha value is -2.34. The molecule has 24 heavy (non-hydrogen) atoms. The van der Waals surface area contributed by atoms with Crippen molar-refractivity contribution in [2.24, 2.45) is 5.92 Å². The molecule has 1 fully saturated rings. The van der Waals surface area contributed by atoms with Gasteiger partial charge in [-0.25, -0.2) is 4.68 Å². The third-order valence-electron chi connectivity index (χ3n) is 4.38. The maximum Gasteiger partial charge on any atom is 0.308 e. The minimum Gasteiger partial charge on any atom is -0.481 e. The number of aromatic nitrogens is 2. The van der Waals surface area contributed by atoms with Crippen LogP contribution in [0.3, 0.4) is 0 Å². The van der Waals surface area contributed by atoms with Crippen LogP contribution in [0.2, 0.25) is 5.02 Å². The number of carboxylic acids is 1. The number of amides is 1. The molecule has 1 unspecified atom stereocenters. The second-order valence-electron chi connectivity index (χ2n) is 5.94. The number of likely N-dealkylation sites (tertiary alicyclic amines) is 1. The van der Waals surface area contributed by atoms with Crippen molar-refractivity contribution in [2.75, 3.05) is 13.1 Å². The fraction of sp³-hybridized carbons (Fsp3) is 0.353. The van der Waals surface area contributed by atoms with E-state index in [-0.39, 0.29) is 12.5 Å². The second-order valence-corrected chi connectivity index (χ2v) is 6.34. The van der Waals surface area contributed by atoms with Crippen LogP contribution in [-0.4, -0.2) is 44.8 Å². The fourth-order valence-electron chi connectivity index (χ4n) is 3.02. The minimum atomic E-state index is -0.851. The van der Waals surface area contributed by atoms with Crippen LogP contribution in [0.15, 0.2) is 30.5 Å². The Balaban J connectivity index is 1.87. The van der Waals surface area contributed by atoms with Crippen LogP contribution in [-0.2, 0) is 4.79 Å². The van der Waals surface area contributed by atoms with E-state index in [0.29, 0.717) is 41.4 Å². The SMILES string of the molecule is Cc1c(C(=O)N2CCCC(C(=O)O)C2)cnn1-c1ccccc1Cl. The zero-order chi connectivity index (χ0) is 17.3. The number of rotatable bonds is 3. The van der Waals surface area contributed by atoms with Crippen molar-refractivity contribution in [3.8, 4) is 5.69 Å². The van der Waals surface area contributed by atoms with Crippen molar-refractivity contribution >= 4 is 23.5 Å². The van der Waals surface area contributed by atoms with Gasteiger partial charge in [0, 0.05) is 13.1 Å². The van der Waals surface area contributed by atoms with Crippen LogP contribution in [0, 0.1) is 12.8 Å². The van der Waals surface area contributed by atoms with Crippen LogP contribution < -0.4 is 0 Å². The van der Waals surface area contributed by atoms with E-state index in [2.05, 4.69) is 5.10 Å². The molecule has 0 radical (unpaired) electrons. The Morgan fingerprint density at radius 3 is 2.79 bits per heavy atom. The molecular weight excluding hydrogens is 330 g/mol. The number of aliphatic carboxylic acids is 1. The quantitative estimate of drug-likeness (QED) is 0.926. The van der Waals surface area contributed by atoms with E-state index in [1.54, 1.807) is 15.6 Å². The lowest BCUT2D eigenvalue weighted by atomic mass is 9.98. The first kappa shape index (κ1) is 16.5. The van der Waals surface area contributed by atoms with Gasteiger partial charge in [0.2, 0.25) is 0 Å².